The van der Waals surface area contributed by atoms with Gasteiger partial charge in [0.05, 0.1) is 4.47 Å². The largest absolute Gasteiger partial charge is 0.381 e. The highest BCUT2D eigenvalue weighted by Crippen LogP contribution is 2.22. The minimum absolute atomic E-state index is 0.331. The molecule has 0 spiro atoms. The summed E-state index contributed by atoms with van der Waals surface area (Å²) >= 11 is 9.00. The normalized spacial score (nSPS) is 10.4. The Balaban J connectivity index is 2.11. The van der Waals surface area contributed by atoms with Crippen molar-refractivity contribution in [2.75, 3.05) is 5.32 Å². The zero-order chi connectivity index (χ0) is 13.1. The van der Waals surface area contributed by atoms with Gasteiger partial charge in [0.2, 0.25) is 0 Å². The van der Waals surface area contributed by atoms with E-state index in [4.69, 9.17) is 11.6 Å². The van der Waals surface area contributed by atoms with Crippen LogP contribution in [0.15, 0.2) is 40.9 Å². The van der Waals surface area contributed by atoms with Crippen LogP contribution in [0.1, 0.15) is 5.56 Å². The van der Waals surface area contributed by atoms with Gasteiger partial charge in [0.15, 0.2) is 0 Å². The van der Waals surface area contributed by atoms with Gasteiger partial charge in [-0.25, -0.2) is 8.78 Å². The summed E-state index contributed by atoms with van der Waals surface area (Å²) in [7, 11) is 0. The summed E-state index contributed by atoms with van der Waals surface area (Å²) in [6, 6.07) is 8.83. The highest BCUT2D eigenvalue weighted by atomic mass is 79.9. The van der Waals surface area contributed by atoms with Gasteiger partial charge in [0.25, 0.3) is 0 Å². The van der Waals surface area contributed by atoms with Gasteiger partial charge in [0, 0.05) is 17.3 Å². The number of anilines is 1. The van der Waals surface area contributed by atoms with E-state index in [1.54, 1.807) is 12.1 Å². The SMILES string of the molecule is Fc1ccc(Cl)c(CNc2ccc(Br)c(F)c2)c1. The maximum absolute atomic E-state index is 13.3. The molecular formula is C13H9BrClF2N. The van der Waals surface area contributed by atoms with Crippen LogP contribution >= 0.6 is 27.5 Å². The first kappa shape index (κ1) is 13.3. The molecule has 2 rings (SSSR count). The molecule has 1 N–H and O–H groups in total. The number of halogens is 4. The third-order valence-electron chi connectivity index (χ3n) is 2.41. The predicted molar refractivity (Wildman–Crippen MR) is 72.8 cm³/mol. The molecule has 0 aliphatic rings. The Labute approximate surface area is 117 Å². The average molecular weight is 333 g/mol. The molecule has 0 heterocycles. The van der Waals surface area contributed by atoms with Crippen LogP contribution in [0.4, 0.5) is 14.5 Å². The van der Waals surface area contributed by atoms with Gasteiger partial charge in [-0.2, -0.15) is 0 Å². The molecule has 0 atom stereocenters. The fourth-order valence-electron chi connectivity index (χ4n) is 1.48. The minimum Gasteiger partial charge on any atom is -0.381 e. The van der Waals surface area contributed by atoms with E-state index in [1.807, 2.05) is 0 Å². The molecule has 5 heteroatoms. The lowest BCUT2D eigenvalue weighted by Gasteiger charge is -2.08. The summed E-state index contributed by atoms with van der Waals surface area (Å²) in [4.78, 5) is 0. The molecule has 0 aliphatic carbocycles. The second-order valence-electron chi connectivity index (χ2n) is 3.72. The smallest absolute Gasteiger partial charge is 0.139 e. The van der Waals surface area contributed by atoms with E-state index in [-0.39, 0.29) is 11.6 Å². The molecule has 0 saturated heterocycles. The Kier molecular flexibility index (Phi) is 4.19. The second kappa shape index (κ2) is 5.67. The lowest BCUT2D eigenvalue weighted by Crippen LogP contribution is -2.01. The highest BCUT2D eigenvalue weighted by molar-refractivity contribution is 9.10. The average Bonchev–Trinajstić information content (AvgIpc) is 2.34. The first-order chi connectivity index (χ1) is 8.56. The molecule has 0 fully saturated rings. The van der Waals surface area contributed by atoms with Crippen molar-refractivity contribution < 1.29 is 8.78 Å². The van der Waals surface area contributed by atoms with Gasteiger partial charge in [-0.15, -0.1) is 0 Å². The molecule has 0 amide bonds. The van der Waals surface area contributed by atoms with E-state index in [0.29, 0.717) is 27.3 Å². The number of benzene rings is 2. The Morgan fingerprint density at radius 3 is 2.61 bits per heavy atom. The number of nitrogens with one attached hydrogen (secondary N) is 1. The lowest BCUT2D eigenvalue weighted by molar-refractivity contribution is 0.621. The van der Waals surface area contributed by atoms with Gasteiger partial charge in [-0.1, -0.05) is 11.6 Å². The monoisotopic (exact) mass is 331 g/mol. The quantitative estimate of drug-likeness (QED) is 0.834. The zero-order valence-electron chi connectivity index (χ0n) is 9.18. The Bertz CT molecular complexity index is 575. The number of rotatable bonds is 3. The Morgan fingerprint density at radius 1 is 1.11 bits per heavy atom. The summed E-state index contributed by atoms with van der Waals surface area (Å²) in [5.41, 5.74) is 1.23. The van der Waals surface area contributed by atoms with Gasteiger partial charge >= 0.3 is 0 Å². The lowest BCUT2D eigenvalue weighted by atomic mass is 10.2. The maximum Gasteiger partial charge on any atom is 0.139 e. The van der Waals surface area contributed by atoms with Crippen molar-refractivity contribution in [2.45, 2.75) is 6.54 Å². The Morgan fingerprint density at radius 2 is 1.89 bits per heavy atom. The predicted octanol–water partition coefficient (Wildman–Crippen LogP) is 4.99. The topological polar surface area (TPSA) is 12.0 Å². The van der Waals surface area contributed by atoms with Crippen LogP contribution in [0.3, 0.4) is 0 Å². The van der Waals surface area contributed by atoms with Gasteiger partial charge < -0.3 is 5.32 Å². The minimum atomic E-state index is -0.356. The summed E-state index contributed by atoms with van der Waals surface area (Å²) in [5, 5.41) is 3.46. The number of hydrogen-bond acceptors (Lipinski definition) is 1. The third kappa shape index (κ3) is 3.21. The molecule has 0 saturated carbocycles. The van der Waals surface area contributed by atoms with Crippen molar-refractivity contribution in [1.82, 2.24) is 0 Å². The van der Waals surface area contributed by atoms with Crippen LogP contribution < -0.4 is 5.32 Å². The van der Waals surface area contributed by atoms with Crippen LogP contribution in [0.25, 0.3) is 0 Å². The number of hydrogen-bond donors (Lipinski definition) is 1. The van der Waals surface area contributed by atoms with Crippen LogP contribution in [0.2, 0.25) is 5.02 Å². The molecule has 0 unspecified atom stereocenters. The third-order valence-corrected chi connectivity index (χ3v) is 3.42. The van der Waals surface area contributed by atoms with Crippen molar-refractivity contribution in [2.24, 2.45) is 0 Å². The van der Waals surface area contributed by atoms with Crippen molar-refractivity contribution in [1.29, 1.82) is 0 Å². The van der Waals surface area contributed by atoms with Crippen LogP contribution in [0, 0.1) is 11.6 Å². The Hall–Kier alpha value is -1.13. The highest BCUT2D eigenvalue weighted by Gasteiger charge is 2.04. The van der Waals surface area contributed by atoms with E-state index in [0.717, 1.165) is 0 Å². The van der Waals surface area contributed by atoms with E-state index in [1.165, 1.54) is 24.3 Å². The van der Waals surface area contributed by atoms with Gasteiger partial charge in [-0.05, 0) is 57.9 Å². The van der Waals surface area contributed by atoms with Crippen molar-refractivity contribution in [3.05, 3.63) is 63.1 Å². The molecule has 0 aliphatic heterocycles. The zero-order valence-corrected chi connectivity index (χ0v) is 11.5. The summed E-state index contributed by atoms with van der Waals surface area (Å²) < 4.78 is 26.7. The van der Waals surface area contributed by atoms with Crippen LogP contribution in [-0.4, -0.2) is 0 Å². The molecule has 18 heavy (non-hydrogen) atoms. The standard InChI is InChI=1S/C13H9BrClF2N/c14-11-3-2-10(6-13(11)17)18-7-8-5-9(16)1-4-12(8)15/h1-6,18H,7H2. The van der Waals surface area contributed by atoms with E-state index < -0.39 is 0 Å². The van der Waals surface area contributed by atoms with Crippen LogP contribution in [0.5, 0.6) is 0 Å². The van der Waals surface area contributed by atoms with Crippen molar-refractivity contribution in [3.63, 3.8) is 0 Å². The van der Waals surface area contributed by atoms with Crippen LogP contribution in [-0.2, 0) is 6.54 Å². The molecule has 2 aromatic carbocycles. The fourth-order valence-corrected chi connectivity index (χ4v) is 1.91. The van der Waals surface area contributed by atoms with Crippen molar-refractivity contribution >= 4 is 33.2 Å². The first-order valence-electron chi connectivity index (χ1n) is 5.19. The van der Waals surface area contributed by atoms with Gasteiger partial charge in [0.1, 0.15) is 11.6 Å². The van der Waals surface area contributed by atoms with E-state index >= 15 is 0 Å². The summed E-state index contributed by atoms with van der Waals surface area (Å²) in [6.07, 6.45) is 0. The molecule has 2 aromatic rings. The first-order valence-corrected chi connectivity index (χ1v) is 6.36. The molecule has 0 aromatic heterocycles. The van der Waals surface area contributed by atoms with Gasteiger partial charge in [-0.3, -0.25) is 0 Å². The summed E-state index contributed by atoms with van der Waals surface area (Å²) in [5.74, 6) is -0.705. The maximum atomic E-state index is 13.3. The molecular weight excluding hydrogens is 324 g/mol. The summed E-state index contributed by atoms with van der Waals surface area (Å²) in [6.45, 7) is 0.331. The molecule has 0 bridgehead atoms. The molecule has 1 nitrogen and oxygen atoms in total. The molecule has 0 radical (unpaired) electrons. The van der Waals surface area contributed by atoms with Crippen molar-refractivity contribution in [3.8, 4) is 0 Å². The molecule has 94 valence electrons. The fraction of sp³-hybridized carbons (Fsp3) is 0.0769. The van der Waals surface area contributed by atoms with E-state index in [2.05, 4.69) is 21.2 Å². The van der Waals surface area contributed by atoms with E-state index in [9.17, 15) is 8.78 Å². The second-order valence-corrected chi connectivity index (χ2v) is 4.98.